The molecule has 1 amide bonds. The van der Waals surface area contributed by atoms with E-state index in [1.165, 1.54) is 0 Å². The molecule has 1 aliphatic rings. The van der Waals surface area contributed by atoms with Gasteiger partial charge in [0.15, 0.2) is 0 Å². The molecule has 1 fully saturated rings. The third kappa shape index (κ3) is 3.36. The number of hydrogen-bond acceptors (Lipinski definition) is 5. The van der Waals surface area contributed by atoms with Gasteiger partial charge in [0.25, 0.3) is 0 Å². The first-order valence-electron chi connectivity index (χ1n) is 7.01. The highest BCUT2D eigenvalue weighted by molar-refractivity contribution is 6.62. The van der Waals surface area contributed by atoms with Gasteiger partial charge in [0.05, 0.1) is 17.7 Å². The third-order valence-electron chi connectivity index (χ3n) is 4.02. The fourth-order valence-electron chi connectivity index (χ4n) is 1.93. The summed E-state index contributed by atoms with van der Waals surface area (Å²) in [6.45, 7) is 8.23. The van der Waals surface area contributed by atoms with Crippen LogP contribution in [0.5, 0.6) is 0 Å². The van der Waals surface area contributed by atoms with E-state index in [9.17, 15) is 4.79 Å². The quantitative estimate of drug-likeness (QED) is 0.792. The van der Waals surface area contributed by atoms with Crippen molar-refractivity contribution in [3.05, 3.63) is 18.3 Å². The molecule has 2 rings (SSSR count). The Hall–Kier alpha value is -1.60. The lowest BCUT2D eigenvalue weighted by Gasteiger charge is -2.32. The lowest BCUT2D eigenvalue weighted by molar-refractivity contribution is -0.118. The summed E-state index contributed by atoms with van der Waals surface area (Å²) in [6.07, 6.45) is 1.67. The molecular weight excluding hydrogens is 269 g/mol. The van der Waals surface area contributed by atoms with Gasteiger partial charge in [0.1, 0.15) is 5.82 Å². The lowest BCUT2D eigenvalue weighted by Crippen LogP contribution is -2.41. The number of nitrogens with one attached hydrogen (secondary N) is 2. The summed E-state index contributed by atoms with van der Waals surface area (Å²) in [5.41, 5.74) is 0.121. The summed E-state index contributed by atoms with van der Waals surface area (Å²) in [7, 11) is 1.16. The number of anilines is 1. The minimum Gasteiger partial charge on any atom is -0.399 e. The van der Waals surface area contributed by atoms with Crippen molar-refractivity contribution in [3.63, 3.8) is 0 Å². The van der Waals surface area contributed by atoms with Crippen LogP contribution in [0.1, 0.15) is 27.7 Å². The van der Waals surface area contributed by atoms with E-state index in [0.29, 0.717) is 5.82 Å². The van der Waals surface area contributed by atoms with Crippen LogP contribution in [0.15, 0.2) is 18.3 Å². The SMILES string of the molecule is CNC(=O)CNc1cc(B2OC(C)(C)C(C)(C)O2)ccn1. The lowest BCUT2D eigenvalue weighted by atomic mass is 9.80. The van der Waals surface area contributed by atoms with Gasteiger partial charge < -0.3 is 19.9 Å². The minimum absolute atomic E-state index is 0.0992. The Balaban J connectivity index is 2.10. The van der Waals surface area contributed by atoms with E-state index in [4.69, 9.17) is 9.31 Å². The molecule has 2 N–H and O–H groups in total. The largest absolute Gasteiger partial charge is 0.495 e. The zero-order valence-corrected chi connectivity index (χ0v) is 13.2. The average Bonchev–Trinajstić information content (AvgIpc) is 2.65. The molecule has 0 aromatic carbocycles. The van der Waals surface area contributed by atoms with Gasteiger partial charge in [-0.1, -0.05) is 0 Å². The zero-order valence-electron chi connectivity index (χ0n) is 13.2. The number of carbonyl (C=O) groups is 1. The van der Waals surface area contributed by atoms with Crippen LogP contribution in [0, 0.1) is 0 Å². The summed E-state index contributed by atoms with van der Waals surface area (Å²) in [6, 6.07) is 3.69. The highest BCUT2D eigenvalue weighted by atomic mass is 16.7. The molecule has 1 aliphatic heterocycles. The number of amides is 1. The second kappa shape index (κ2) is 5.65. The van der Waals surface area contributed by atoms with Gasteiger partial charge >= 0.3 is 7.12 Å². The molecule has 114 valence electrons. The van der Waals surface area contributed by atoms with E-state index in [1.807, 2.05) is 39.8 Å². The Morgan fingerprint density at radius 2 is 1.90 bits per heavy atom. The Labute approximate surface area is 125 Å². The molecule has 0 atom stereocenters. The number of nitrogens with zero attached hydrogens (tertiary/aromatic N) is 1. The average molecular weight is 291 g/mol. The maximum atomic E-state index is 11.2. The van der Waals surface area contributed by atoms with Gasteiger partial charge in [0.2, 0.25) is 5.91 Å². The van der Waals surface area contributed by atoms with Crippen molar-refractivity contribution >= 4 is 24.3 Å². The van der Waals surface area contributed by atoms with E-state index in [-0.39, 0.29) is 23.7 Å². The van der Waals surface area contributed by atoms with E-state index in [2.05, 4.69) is 15.6 Å². The molecule has 21 heavy (non-hydrogen) atoms. The standard InChI is InChI=1S/C14H22BN3O3/c1-13(2)14(3,4)21-15(20-13)10-6-7-17-11(8-10)18-9-12(19)16-5/h6-8H,9H2,1-5H3,(H,16,19)(H,17,18). The topological polar surface area (TPSA) is 72.5 Å². The van der Waals surface area contributed by atoms with Gasteiger partial charge in [-0.2, -0.15) is 0 Å². The van der Waals surface area contributed by atoms with E-state index < -0.39 is 7.12 Å². The van der Waals surface area contributed by atoms with Crippen molar-refractivity contribution in [3.8, 4) is 0 Å². The van der Waals surface area contributed by atoms with Crippen LogP contribution in [-0.2, 0) is 14.1 Å². The molecule has 6 nitrogen and oxygen atoms in total. The van der Waals surface area contributed by atoms with Crippen LogP contribution >= 0.6 is 0 Å². The molecule has 1 aromatic heterocycles. The van der Waals surface area contributed by atoms with Gasteiger partial charge in [-0.05, 0) is 45.3 Å². The fourth-order valence-corrected chi connectivity index (χ4v) is 1.93. The molecule has 0 radical (unpaired) electrons. The first kappa shape index (κ1) is 15.8. The minimum atomic E-state index is -0.432. The smallest absolute Gasteiger partial charge is 0.399 e. The number of aromatic nitrogens is 1. The second-order valence-electron chi connectivity index (χ2n) is 6.09. The third-order valence-corrected chi connectivity index (χ3v) is 4.02. The molecule has 0 spiro atoms. The first-order chi connectivity index (χ1) is 9.75. The maximum absolute atomic E-state index is 11.2. The number of likely N-dealkylation sites (N-methyl/N-ethyl adjacent to an activating group) is 1. The van der Waals surface area contributed by atoms with Crippen LogP contribution in [0.25, 0.3) is 0 Å². The van der Waals surface area contributed by atoms with Crippen LogP contribution in [0.4, 0.5) is 5.82 Å². The Kier molecular flexibility index (Phi) is 4.25. The highest BCUT2D eigenvalue weighted by Gasteiger charge is 2.51. The summed E-state index contributed by atoms with van der Waals surface area (Å²) in [5.74, 6) is 0.517. The number of carbonyl (C=O) groups excluding carboxylic acids is 1. The van der Waals surface area contributed by atoms with Gasteiger partial charge in [-0.15, -0.1) is 0 Å². The van der Waals surface area contributed by atoms with E-state index in [0.717, 1.165) is 5.46 Å². The summed E-state index contributed by atoms with van der Waals surface area (Å²) in [4.78, 5) is 15.4. The predicted molar refractivity (Wildman–Crippen MR) is 82.5 cm³/mol. The predicted octanol–water partition coefficient (Wildman–Crippen LogP) is 0.539. The summed E-state index contributed by atoms with van der Waals surface area (Å²) in [5, 5.41) is 5.51. The number of rotatable bonds is 4. The molecule has 0 saturated carbocycles. The van der Waals surface area contributed by atoms with E-state index >= 15 is 0 Å². The molecule has 0 aliphatic carbocycles. The molecule has 2 heterocycles. The zero-order chi connectivity index (χ0) is 15.7. The van der Waals surface area contributed by atoms with Crippen LogP contribution in [0.2, 0.25) is 0 Å². The van der Waals surface area contributed by atoms with Crippen molar-refractivity contribution < 1.29 is 14.1 Å². The highest BCUT2D eigenvalue weighted by Crippen LogP contribution is 2.36. The number of hydrogen-bond donors (Lipinski definition) is 2. The molecule has 7 heteroatoms. The van der Waals surface area contributed by atoms with Crippen molar-refractivity contribution in [2.24, 2.45) is 0 Å². The van der Waals surface area contributed by atoms with Crippen LogP contribution in [0.3, 0.4) is 0 Å². The monoisotopic (exact) mass is 291 g/mol. The maximum Gasteiger partial charge on any atom is 0.495 e. The van der Waals surface area contributed by atoms with Crippen molar-refractivity contribution in [2.45, 2.75) is 38.9 Å². The number of pyridine rings is 1. The summed E-state index contributed by atoms with van der Waals surface area (Å²) < 4.78 is 12.0. The van der Waals surface area contributed by atoms with Crippen molar-refractivity contribution in [1.82, 2.24) is 10.3 Å². The molecule has 1 aromatic rings. The fraction of sp³-hybridized carbons (Fsp3) is 0.571. The summed E-state index contributed by atoms with van der Waals surface area (Å²) >= 11 is 0. The molecular formula is C14H22BN3O3. The van der Waals surface area contributed by atoms with Crippen molar-refractivity contribution in [1.29, 1.82) is 0 Å². The van der Waals surface area contributed by atoms with Gasteiger partial charge in [-0.25, -0.2) is 4.98 Å². The Bertz CT molecular complexity index is 518. The Morgan fingerprint density at radius 1 is 1.29 bits per heavy atom. The van der Waals surface area contributed by atoms with E-state index in [1.54, 1.807) is 13.2 Å². The Morgan fingerprint density at radius 3 is 2.48 bits per heavy atom. The molecule has 0 unspecified atom stereocenters. The van der Waals surface area contributed by atoms with Crippen LogP contribution < -0.4 is 16.1 Å². The normalized spacial score (nSPS) is 19.4. The van der Waals surface area contributed by atoms with Gasteiger partial charge in [-0.3, -0.25) is 4.79 Å². The van der Waals surface area contributed by atoms with Gasteiger partial charge in [0, 0.05) is 13.2 Å². The molecule has 1 saturated heterocycles. The van der Waals surface area contributed by atoms with Crippen molar-refractivity contribution in [2.75, 3.05) is 18.9 Å². The second-order valence-corrected chi connectivity index (χ2v) is 6.09. The first-order valence-corrected chi connectivity index (χ1v) is 7.01. The van der Waals surface area contributed by atoms with Crippen LogP contribution in [-0.4, -0.2) is 42.8 Å². The molecule has 0 bridgehead atoms.